The standard InChI is InChI=1S/C18H18N2O6S/c1-25-13-5-8-15(16(11-13)26-2)19-27(23,24)14-6-3-12(4-7-14)20-17(21)9-10-18(20)22/h3-8,11,19H,9-10H2,1-2H3. The number of sulfonamides is 1. The van der Waals surface area contributed by atoms with Gasteiger partial charge in [-0.25, -0.2) is 8.42 Å². The topological polar surface area (TPSA) is 102 Å². The molecule has 1 aliphatic heterocycles. The summed E-state index contributed by atoms with van der Waals surface area (Å²) in [5.74, 6) is 0.246. The van der Waals surface area contributed by atoms with Gasteiger partial charge < -0.3 is 9.47 Å². The van der Waals surface area contributed by atoms with Crippen LogP contribution in [0.1, 0.15) is 12.8 Å². The summed E-state index contributed by atoms with van der Waals surface area (Å²) >= 11 is 0. The summed E-state index contributed by atoms with van der Waals surface area (Å²) in [7, 11) is -0.974. The number of hydrogen-bond acceptors (Lipinski definition) is 6. The van der Waals surface area contributed by atoms with Gasteiger partial charge in [0, 0.05) is 18.9 Å². The number of nitrogens with zero attached hydrogens (tertiary/aromatic N) is 1. The summed E-state index contributed by atoms with van der Waals surface area (Å²) in [6, 6.07) is 10.2. The van der Waals surface area contributed by atoms with E-state index in [1.165, 1.54) is 44.6 Å². The minimum Gasteiger partial charge on any atom is -0.497 e. The third-order valence-corrected chi connectivity index (χ3v) is 5.49. The van der Waals surface area contributed by atoms with Crippen LogP contribution < -0.4 is 19.1 Å². The number of carbonyl (C=O) groups is 2. The summed E-state index contributed by atoms with van der Waals surface area (Å²) in [5, 5.41) is 0. The molecule has 0 unspecified atom stereocenters. The van der Waals surface area contributed by atoms with Crippen molar-refractivity contribution < 1.29 is 27.5 Å². The minimum atomic E-state index is -3.89. The van der Waals surface area contributed by atoms with Gasteiger partial charge >= 0.3 is 0 Å². The van der Waals surface area contributed by atoms with Gasteiger partial charge in [0.15, 0.2) is 0 Å². The average Bonchev–Trinajstić information content (AvgIpc) is 3.00. The fourth-order valence-corrected chi connectivity index (χ4v) is 3.80. The zero-order valence-corrected chi connectivity index (χ0v) is 15.6. The Hall–Kier alpha value is -3.07. The second-order valence-corrected chi connectivity index (χ2v) is 7.47. The number of amides is 2. The first kappa shape index (κ1) is 18.7. The zero-order chi connectivity index (χ0) is 19.6. The van der Waals surface area contributed by atoms with E-state index in [2.05, 4.69) is 4.72 Å². The maximum absolute atomic E-state index is 12.6. The van der Waals surface area contributed by atoms with E-state index in [1.807, 2.05) is 0 Å². The molecule has 2 aromatic carbocycles. The van der Waals surface area contributed by atoms with Crippen LogP contribution >= 0.6 is 0 Å². The van der Waals surface area contributed by atoms with Gasteiger partial charge in [0.1, 0.15) is 11.5 Å². The average molecular weight is 390 g/mol. The Kier molecular flexibility index (Phi) is 5.04. The van der Waals surface area contributed by atoms with Gasteiger partial charge in [0.2, 0.25) is 11.8 Å². The van der Waals surface area contributed by atoms with Gasteiger partial charge in [-0.3, -0.25) is 19.2 Å². The highest BCUT2D eigenvalue weighted by Gasteiger charge is 2.30. The van der Waals surface area contributed by atoms with Crippen molar-refractivity contribution in [2.24, 2.45) is 0 Å². The molecule has 0 aliphatic carbocycles. The van der Waals surface area contributed by atoms with Crippen molar-refractivity contribution in [3.05, 3.63) is 42.5 Å². The molecule has 1 aliphatic rings. The van der Waals surface area contributed by atoms with Gasteiger partial charge in [-0.1, -0.05) is 0 Å². The fraction of sp³-hybridized carbons (Fsp3) is 0.222. The molecule has 0 bridgehead atoms. The highest BCUT2D eigenvalue weighted by atomic mass is 32.2. The fourth-order valence-electron chi connectivity index (χ4n) is 2.73. The lowest BCUT2D eigenvalue weighted by Gasteiger charge is -2.15. The van der Waals surface area contributed by atoms with Crippen LogP contribution in [0.3, 0.4) is 0 Å². The number of hydrogen-bond donors (Lipinski definition) is 1. The number of benzene rings is 2. The van der Waals surface area contributed by atoms with Crippen molar-refractivity contribution in [3.8, 4) is 11.5 Å². The summed E-state index contributed by atoms with van der Waals surface area (Å²) < 4.78 is 38.0. The molecule has 2 aromatic rings. The van der Waals surface area contributed by atoms with Gasteiger partial charge in [-0.2, -0.15) is 0 Å². The molecule has 0 spiro atoms. The maximum Gasteiger partial charge on any atom is 0.262 e. The Bertz CT molecular complexity index is 969. The third-order valence-electron chi connectivity index (χ3n) is 4.11. The van der Waals surface area contributed by atoms with Crippen LogP contribution in [0.25, 0.3) is 0 Å². The lowest BCUT2D eigenvalue weighted by molar-refractivity contribution is -0.121. The Morgan fingerprint density at radius 2 is 1.56 bits per heavy atom. The van der Waals surface area contributed by atoms with Crippen molar-refractivity contribution in [3.63, 3.8) is 0 Å². The Labute approximate surface area is 156 Å². The minimum absolute atomic E-state index is 0.0109. The summed E-state index contributed by atoms with van der Waals surface area (Å²) in [5.41, 5.74) is 0.607. The summed E-state index contributed by atoms with van der Waals surface area (Å²) in [4.78, 5) is 24.6. The number of anilines is 2. The SMILES string of the molecule is COc1ccc(NS(=O)(=O)c2ccc(N3C(=O)CCC3=O)cc2)c(OC)c1. The van der Waals surface area contributed by atoms with E-state index in [4.69, 9.17) is 9.47 Å². The Balaban J connectivity index is 1.85. The number of imide groups is 1. The summed E-state index contributed by atoms with van der Waals surface area (Å²) in [6.45, 7) is 0. The molecule has 142 valence electrons. The molecule has 1 heterocycles. The monoisotopic (exact) mass is 390 g/mol. The predicted molar refractivity (Wildman–Crippen MR) is 98.5 cm³/mol. The van der Waals surface area contributed by atoms with Crippen LogP contribution in [-0.4, -0.2) is 34.5 Å². The molecule has 1 fully saturated rings. The number of methoxy groups -OCH3 is 2. The molecule has 2 amide bonds. The van der Waals surface area contributed by atoms with Crippen molar-refractivity contribution >= 4 is 33.2 Å². The van der Waals surface area contributed by atoms with Crippen molar-refractivity contribution in [1.29, 1.82) is 0 Å². The second-order valence-electron chi connectivity index (χ2n) is 5.79. The lowest BCUT2D eigenvalue weighted by atomic mass is 10.3. The smallest absolute Gasteiger partial charge is 0.262 e. The van der Waals surface area contributed by atoms with Crippen LogP contribution in [0.4, 0.5) is 11.4 Å². The van der Waals surface area contributed by atoms with E-state index in [0.29, 0.717) is 17.2 Å². The van der Waals surface area contributed by atoms with Crippen LogP contribution in [-0.2, 0) is 19.6 Å². The molecule has 3 rings (SSSR count). The molecule has 0 radical (unpaired) electrons. The van der Waals surface area contributed by atoms with E-state index >= 15 is 0 Å². The van der Waals surface area contributed by atoms with E-state index in [-0.39, 0.29) is 35.2 Å². The highest BCUT2D eigenvalue weighted by Crippen LogP contribution is 2.31. The van der Waals surface area contributed by atoms with Crippen LogP contribution in [0.5, 0.6) is 11.5 Å². The third kappa shape index (κ3) is 3.72. The largest absolute Gasteiger partial charge is 0.497 e. The van der Waals surface area contributed by atoms with E-state index in [9.17, 15) is 18.0 Å². The Morgan fingerprint density at radius 1 is 0.926 bits per heavy atom. The first-order chi connectivity index (χ1) is 12.9. The Morgan fingerprint density at radius 3 is 2.11 bits per heavy atom. The van der Waals surface area contributed by atoms with Crippen molar-refractivity contribution in [2.75, 3.05) is 23.8 Å². The number of ether oxygens (including phenoxy) is 2. The predicted octanol–water partition coefficient (Wildman–Crippen LogP) is 2.16. The molecule has 1 saturated heterocycles. The van der Waals surface area contributed by atoms with Crippen LogP contribution in [0.15, 0.2) is 47.4 Å². The van der Waals surface area contributed by atoms with E-state index in [0.717, 1.165) is 4.90 Å². The van der Waals surface area contributed by atoms with Crippen molar-refractivity contribution in [2.45, 2.75) is 17.7 Å². The number of rotatable bonds is 6. The zero-order valence-electron chi connectivity index (χ0n) is 14.8. The highest BCUT2D eigenvalue weighted by molar-refractivity contribution is 7.92. The van der Waals surface area contributed by atoms with E-state index in [1.54, 1.807) is 12.1 Å². The molecule has 0 atom stereocenters. The second kappa shape index (κ2) is 7.28. The van der Waals surface area contributed by atoms with Gasteiger partial charge in [0.25, 0.3) is 10.0 Å². The molecule has 8 nitrogen and oxygen atoms in total. The number of nitrogens with one attached hydrogen (secondary N) is 1. The van der Waals surface area contributed by atoms with Gasteiger partial charge in [-0.05, 0) is 36.4 Å². The van der Waals surface area contributed by atoms with Crippen molar-refractivity contribution in [1.82, 2.24) is 0 Å². The number of carbonyl (C=O) groups excluding carboxylic acids is 2. The van der Waals surface area contributed by atoms with Crippen LogP contribution in [0, 0.1) is 0 Å². The normalized spacial score (nSPS) is 14.4. The van der Waals surface area contributed by atoms with Crippen LogP contribution in [0.2, 0.25) is 0 Å². The lowest BCUT2D eigenvalue weighted by Crippen LogP contribution is -2.28. The molecule has 9 heteroatoms. The first-order valence-corrected chi connectivity index (χ1v) is 9.55. The van der Waals surface area contributed by atoms with Gasteiger partial charge in [-0.15, -0.1) is 0 Å². The molecular weight excluding hydrogens is 372 g/mol. The van der Waals surface area contributed by atoms with Gasteiger partial charge in [0.05, 0.1) is 30.5 Å². The van der Waals surface area contributed by atoms with E-state index < -0.39 is 10.0 Å². The molecule has 0 saturated carbocycles. The molecular formula is C18H18N2O6S. The molecule has 27 heavy (non-hydrogen) atoms. The summed E-state index contributed by atoms with van der Waals surface area (Å²) in [6.07, 6.45) is 0.329. The maximum atomic E-state index is 12.6. The first-order valence-electron chi connectivity index (χ1n) is 8.06. The molecule has 1 N–H and O–H groups in total. The quantitative estimate of drug-likeness (QED) is 0.759. The molecule has 0 aromatic heterocycles.